The minimum absolute atomic E-state index is 0.288. The average Bonchev–Trinajstić information content (AvgIpc) is 2.34. The molecule has 3 N–H and O–H groups in total. The van der Waals surface area contributed by atoms with Gasteiger partial charge in [-0.15, -0.1) is 0 Å². The second-order valence-electron chi connectivity index (χ2n) is 4.90. The summed E-state index contributed by atoms with van der Waals surface area (Å²) in [6.45, 7) is 5.44. The molecule has 0 spiro atoms. The molecule has 0 aliphatic heterocycles. The fourth-order valence-electron chi connectivity index (χ4n) is 2.21. The number of rotatable bonds is 3. The van der Waals surface area contributed by atoms with Gasteiger partial charge in [0, 0.05) is 5.69 Å². The van der Waals surface area contributed by atoms with Crippen LogP contribution in [-0.2, 0) is 10.0 Å². The molecule has 106 valence electrons. The van der Waals surface area contributed by atoms with Crippen LogP contribution in [0.1, 0.15) is 16.7 Å². The molecule has 2 aromatic rings. The smallest absolute Gasteiger partial charge is 0.262 e. The first-order chi connectivity index (χ1) is 9.31. The van der Waals surface area contributed by atoms with Crippen molar-refractivity contribution in [2.45, 2.75) is 25.7 Å². The number of nitrogens with two attached hydrogens (primary N) is 1. The summed E-state index contributed by atoms with van der Waals surface area (Å²) < 4.78 is 27.6. The Kier molecular flexibility index (Phi) is 3.72. The number of anilines is 2. The fraction of sp³-hybridized carbons (Fsp3) is 0.200. The van der Waals surface area contributed by atoms with Gasteiger partial charge in [-0.05, 0) is 55.7 Å². The molecule has 2 aromatic carbocycles. The van der Waals surface area contributed by atoms with E-state index in [0.717, 1.165) is 11.1 Å². The lowest BCUT2D eigenvalue weighted by Gasteiger charge is -2.15. The third-order valence-corrected chi connectivity index (χ3v) is 4.68. The summed E-state index contributed by atoms with van der Waals surface area (Å²) in [6.07, 6.45) is 0. The van der Waals surface area contributed by atoms with Crippen LogP contribution in [0.3, 0.4) is 0 Å². The topological polar surface area (TPSA) is 72.2 Å². The Morgan fingerprint density at radius 1 is 0.950 bits per heavy atom. The summed E-state index contributed by atoms with van der Waals surface area (Å²) in [5.74, 6) is 0. The van der Waals surface area contributed by atoms with Gasteiger partial charge in [0.25, 0.3) is 10.0 Å². The van der Waals surface area contributed by atoms with Crippen LogP contribution >= 0.6 is 0 Å². The number of sulfonamides is 1. The molecule has 0 radical (unpaired) electrons. The van der Waals surface area contributed by atoms with Gasteiger partial charge in [0.1, 0.15) is 0 Å². The molecule has 2 rings (SSSR count). The molecule has 4 nitrogen and oxygen atoms in total. The van der Waals surface area contributed by atoms with Crippen molar-refractivity contribution in [1.29, 1.82) is 0 Å². The van der Waals surface area contributed by atoms with Crippen molar-refractivity contribution in [3.8, 4) is 0 Å². The first-order valence-electron chi connectivity index (χ1n) is 6.26. The van der Waals surface area contributed by atoms with Crippen LogP contribution in [0, 0.1) is 20.8 Å². The summed E-state index contributed by atoms with van der Waals surface area (Å²) in [6, 6.07) is 10.4. The van der Waals surface area contributed by atoms with Crippen LogP contribution in [0.5, 0.6) is 0 Å². The Morgan fingerprint density at radius 2 is 1.50 bits per heavy atom. The molecule has 5 heteroatoms. The van der Waals surface area contributed by atoms with E-state index in [0.29, 0.717) is 16.9 Å². The average molecular weight is 290 g/mol. The monoisotopic (exact) mass is 290 g/mol. The third kappa shape index (κ3) is 2.77. The van der Waals surface area contributed by atoms with Gasteiger partial charge in [0.05, 0.1) is 10.6 Å². The zero-order chi connectivity index (χ0) is 14.9. The van der Waals surface area contributed by atoms with E-state index < -0.39 is 10.0 Å². The maximum Gasteiger partial charge on any atom is 0.262 e. The van der Waals surface area contributed by atoms with Crippen LogP contribution in [0.15, 0.2) is 41.3 Å². The van der Waals surface area contributed by atoms with Crippen LogP contribution in [-0.4, -0.2) is 8.42 Å². The minimum atomic E-state index is -3.59. The molecule has 0 amide bonds. The Balaban J connectivity index is 2.47. The molecule has 0 aliphatic carbocycles. The highest BCUT2D eigenvalue weighted by Crippen LogP contribution is 2.26. The normalized spacial score (nSPS) is 11.3. The second kappa shape index (κ2) is 5.17. The molecular formula is C15H18N2O2S. The molecule has 0 atom stereocenters. The highest BCUT2D eigenvalue weighted by molar-refractivity contribution is 7.92. The molecular weight excluding hydrogens is 272 g/mol. The number of benzene rings is 2. The lowest BCUT2D eigenvalue weighted by molar-refractivity contribution is 0.600. The van der Waals surface area contributed by atoms with E-state index in [1.165, 1.54) is 0 Å². The van der Waals surface area contributed by atoms with Crippen molar-refractivity contribution in [3.63, 3.8) is 0 Å². The van der Waals surface area contributed by atoms with E-state index in [9.17, 15) is 8.42 Å². The summed E-state index contributed by atoms with van der Waals surface area (Å²) in [4.78, 5) is 0.288. The summed E-state index contributed by atoms with van der Waals surface area (Å²) >= 11 is 0. The summed E-state index contributed by atoms with van der Waals surface area (Å²) in [5, 5.41) is 0. The van der Waals surface area contributed by atoms with Crippen LogP contribution in [0.4, 0.5) is 11.4 Å². The third-order valence-electron chi connectivity index (χ3n) is 3.17. The highest BCUT2D eigenvalue weighted by Gasteiger charge is 2.18. The number of nitrogens with one attached hydrogen (secondary N) is 1. The molecule has 0 bridgehead atoms. The molecule has 0 fully saturated rings. The predicted molar refractivity (Wildman–Crippen MR) is 82.3 cm³/mol. The Bertz CT molecular complexity index is 729. The van der Waals surface area contributed by atoms with Crippen molar-refractivity contribution in [1.82, 2.24) is 0 Å². The number of nitrogen functional groups attached to an aromatic ring is 1. The quantitative estimate of drug-likeness (QED) is 0.854. The predicted octanol–water partition coefficient (Wildman–Crippen LogP) is 2.99. The van der Waals surface area contributed by atoms with Crippen LogP contribution in [0.25, 0.3) is 0 Å². The van der Waals surface area contributed by atoms with Gasteiger partial charge in [-0.1, -0.05) is 18.2 Å². The van der Waals surface area contributed by atoms with Gasteiger partial charge in [0.2, 0.25) is 0 Å². The second-order valence-corrected chi connectivity index (χ2v) is 6.55. The molecule has 0 unspecified atom stereocenters. The van der Waals surface area contributed by atoms with E-state index in [2.05, 4.69) is 4.72 Å². The van der Waals surface area contributed by atoms with Gasteiger partial charge in [-0.3, -0.25) is 4.72 Å². The molecule has 0 heterocycles. The summed E-state index contributed by atoms with van der Waals surface area (Å²) in [7, 11) is -3.59. The Morgan fingerprint density at radius 3 is 2.05 bits per heavy atom. The van der Waals surface area contributed by atoms with E-state index in [4.69, 9.17) is 5.73 Å². The standard InChI is InChI=1S/C15H18N2O2S/c1-10-6-4-5-7-14(10)20(18,19)17-15-11(2)8-13(16)9-12(15)3/h4-9,17H,16H2,1-3H3. The van der Waals surface area contributed by atoms with Crippen LogP contribution < -0.4 is 10.5 Å². The number of hydrogen-bond donors (Lipinski definition) is 2. The van der Waals surface area contributed by atoms with Gasteiger partial charge < -0.3 is 5.73 Å². The zero-order valence-corrected chi connectivity index (χ0v) is 12.6. The SMILES string of the molecule is Cc1ccccc1S(=O)(=O)Nc1c(C)cc(N)cc1C. The number of hydrogen-bond acceptors (Lipinski definition) is 3. The lowest BCUT2D eigenvalue weighted by atomic mass is 10.1. The van der Waals surface area contributed by atoms with Crippen LogP contribution in [0.2, 0.25) is 0 Å². The Labute approximate surface area is 119 Å². The van der Waals surface area contributed by atoms with Crippen molar-refractivity contribution in [2.75, 3.05) is 10.5 Å². The van der Waals surface area contributed by atoms with Gasteiger partial charge in [-0.2, -0.15) is 0 Å². The van der Waals surface area contributed by atoms with E-state index in [1.807, 2.05) is 19.9 Å². The maximum absolute atomic E-state index is 12.5. The summed E-state index contributed by atoms with van der Waals surface area (Å²) in [5.41, 5.74) is 9.28. The first-order valence-corrected chi connectivity index (χ1v) is 7.75. The maximum atomic E-state index is 12.5. The fourth-order valence-corrected chi connectivity index (χ4v) is 3.66. The Hall–Kier alpha value is -2.01. The van der Waals surface area contributed by atoms with Gasteiger partial charge in [-0.25, -0.2) is 8.42 Å². The van der Waals surface area contributed by atoms with Crippen molar-refractivity contribution in [3.05, 3.63) is 53.1 Å². The van der Waals surface area contributed by atoms with Crippen molar-refractivity contribution >= 4 is 21.4 Å². The first kappa shape index (κ1) is 14.4. The molecule has 0 saturated carbocycles. The minimum Gasteiger partial charge on any atom is -0.399 e. The van der Waals surface area contributed by atoms with E-state index in [-0.39, 0.29) is 4.90 Å². The zero-order valence-electron chi connectivity index (χ0n) is 11.8. The highest BCUT2D eigenvalue weighted by atomic mass is 32.2. The van der Waals surface area contributed by atoms with Crippen molar-refractivity contribution in [2.24, 2.45) is 0 Å². The number of aryl methyl sites for hydroxylation is 3. The molecule has 0 saturated heterocycles. The molecule has 0 aromatic heterocycles. The van der Waals surface area contributed by atoms with Gasteiger partial charge >= 0.3 is 0 Å². The van der Waals surface area contributed by atoms with E-state index in [1.54, 1.807) is 37.3 Å². The molecule has 20 heavy (non-hydrogen) atoms. The van der Waals surface area contributed by atoms with E-state index >= 15 is 0 Å². The van der Waals surface area contributed by atoms with Gasteiger partial charge in [0.15, 0.2) is 0 Å². The lowest BCUT2D eigenvalue weighted by Crippen LogP contribution is -2.16. The largest absolute Gasteiger partial charge is 0.399 e. The molecule has 0 aliphatic rings. The van der Waals surface area contributed by atoms with Crippen molar-refractivity contribution < 1.29 is 8.42 Å².